The molecular weight excluding hydrogens is 364 g/mol. The van der Waals surface area contributed by atoms with Gasteiger partial charge in [0.1, 0.15) is 18.2 Å². The highest BCUT2D eigenvalue weighted by atomic mass is 16.6. The molecular formula is C20H26N2O6. The third-order valence-corrected chi connectivity index (χ3v) is 3.98. The molecule has 0 spiro atoms. The summed E-state index contributed by atoms with van der Waals surface area (Å²) in [6.07, 6.45) is -0.451. The predicted molar refractivity (Wildman–Crippen MR) is 100.0 cm³/mol. The molecule has 8 nitrogen and oxygen atoms in total. The molecule has 1 saturated heterocycles. The molecule has 1 aliphatic rings. The quantitative estimate of drug-likeness (QED) is 0.565. The van der Waals surface area contributed by atoms with Crippen LogP contribution in [0.3, 0.4) is 0 Å². The van der Waals surface area contributed by atoms with Crippen molar-refractivity contribution in [2.75, 3.05) is 6.54 Å². The van der Waals surface area contributed by atoms with Gasteiger partial charge in [-0.3, -0.25) is 14.5 Å². The van der Waals surface area contributed by atoms with Gasteiger partial charge < -0.3 is 14.8 Å². The summed E-state index contributed by atoms with van der Waals surface area (Å²) in [6.45, 7) is 5.28. The van der Waals surface area contributed by atoms with E-state index in [0.29, 0.717) is 0 Å². The molecule has 1 N–H and O–H groups in total. The Labute approximate surface area is 164 Å². The first-order valence-electron chi connectivity index (χ1n) is 9.19. The van der Waals surface area contributed by atoms with Crippen LogP contribution in [0.1, 0.15) is 45.6 Å². The number of carbonyl (C=O) groups is 4. The Balaban J connectivity index is 1.91. The second-order valence-electron chi connectivity index (χ2n) is 7.48. The number of likely N-dealkylation sites (tertiary alicyclic amines) is 1. The zero-order valence-corrected chi connectivity index (χ0v) is 16.4. The average molecular weight is 390 g/mol. The number of hydrogen-bond donors (Lipinski definition) is 1. The van der Waals surface area contributed by atoms with Crippen molar-refractivity contribution in [2.24, 2.45) is 0 Å². The normalized spacial score (nSPS) is 15.3. The zero-order valence-electron chi connectivity index (χ0n) is 16.4. The van der Waals surface area contributed by atoms with Crippen molar-refractivity contribution in [2.45, 2.75) is 58.3 Å². The Hall–Kier alpha value is -2.90. The molecule has 0 aliphatic carbocycles. The van der Waals surface area contributed by atoms with E-state index in [2.05, 4.69) is 5.32 Å². The lowest BCUT2D eigenvalue weighted by molar-refractivity contribution is -0.167. The molecule has 1 atom stereocenters. The number of benzene rings is 1. The zero-order chi connectivity index (χ0) is 20.7. The Kier molecular flexibility index (Phi) is 7.14. The van der Waals surface area contributed by atoms with Gasteiger partial charge in [-0.25, -0.2) is 9.59 Å². The summed E-state index contributed by atoms with van der Waals surface area (Å²) >= 11 is 0. The highest BCUT2D eigenvalue weighted by Gasteiger charge is 2.40. The van der Waals surface area contributed by atoms with Crippen LogP contribution in [0.4, 0.5) is 4.79 Å². The second-order valence-corrected chi connectivity index (χ2v) is 7.48. The molecule has 8 heteroatoms. The van der Waals surface area contributed by atoms with Crippen LogP contribution in [0.5, 0.6) is 0 Å². The smallest absolute Gasteiger partial charge is 0.407 e. The fourth-order valence-corrected chi connectivity index (χ4v) is 2.75. The van der Waals surface area contributed by atoms with E-state index >= 15 is 0 Å². The molecule has 28 heavy (non-hydrogen) atoms. The Morgan fingerprint density at radius 1 is 1.11 bits per heavy atom. The van der Waals surface area contributed by atoms with E-state index in [9.17, 15) is 19.2 Å². The molecule has 3 amide bonds. The third-order valence-electron chi connectivity index (χ3n) is 3.98. The summed E-state index contributed by atoms with van der Waals surface area (Å²) < 4.78 is 10.4. The van der Waals surface area contributed by atoms with Gasteiger partial charge in [0.25, 0.3) is 0 Å². The highest BCUT2D eigenvalue weighted by Crippen LogP contribution is 2.20. The summed E-state index contributed by atoms with van der Waals surface area (Å²) in [5, 5.41) is 2.54. The molecule has 152 valence electrons. The molecule has 1 aromatic carbocycles. The molecule has 0 radical (unpaired) electrons. The number of ether oxygens (including phenoxy) is 2. The SMILES string of the molecule is CC(C)(C)OC(=O)C(CCNC(=O)OCc1ccccc1)N1C(=O)CCC1=O. The minimum Gasteiger partial charge on any atom is -0.458 e. The van der Waals surface area contributed by atoms with Crippen molar-refractivity contribution in [3.8, 4) is 0 Å². The van der Waals surface area contributed by atoms with E-state index in [4.69, 9.17) is 9.47 Å². The lowest BCUT2D eigenvalue weighted by atomic mass is 10.1. The van der Waals surface area contributed by atoms with E-state index in [-0.39, 0.29) is 32.4 Å². The summed E-state index contributed by atoms with van der Waals surface area (Å²) in [5.41, 5.74) is 0.0842. The minimum atomic E-state index is -1.07. The lowest BCUT2D eigenvalue weighted by Gasteiger charge is -2.28. The number of imide groups is 1. The van der Waals surface area contributed by atoms with Crippen LogP contribution in [0.25, 0.3) is 0 Å². The first-order valence-corrected chi connectivity index (χ1v) is 9.19. The van der Waals surface area contributed by atoms with Crippen LogP contribution in [-0.4, -0.2) is 47.0 Å². The minimum absolute atomic E-state index is 0.0484. The van der Waals surface area contributed by atoms with Gasteiger partial charge in [-0.15, -0.1) is 0 Å². The molecule has 0 bridgehead atoms. The van der Waals surface area contributed by atoms with Crippen LogP contribution < -0.4 is 5.32 Å². The van der Waals surface area contributed by atoms with Gasteiger partial charge in [0.15, 0.2) is 0 Å². The van der Waals surface area contributed by atoms with Crippen molar-refractivity contribution in [1.29, 1.82) is 0 Å². The molecule has 0 aromatic heterocycles. The lowest BCUT2D eigenvalue weighted by Crippen LogP contribution is -2.48. The fraction of sp³-hybridized carbons (Fsp3) is 0.500. The molecule has 1 unspecified atom stereocenters. The maximum atomic E-state index is 12.5. The number of carbonyl (C=O) groups excluding carboxylic acids is 4. The largest absolute Gasteiger partial charge is 0.458 e. The van der Waals surface area contributed by atoms with Gasteiger partial charge in [-0.2, -0.15) is 0 Å². The van der Waals surface area contributed by atoms with E-state index in [1.54, 1.807) is 20.8 Å². The van der Waals surface area contributed by atoms with E-state index in [1.807, 2.05) is 30.3 Å². The maximum Gasteiger partial charge on any atom is 0.407 e. The average Bonchev–Trinajstić information content (AvgIpc) is 2.95. The number of esters is 1. The molecule has 1 fully saturated rings. The highest BCUT2D eigenvalue weighted by molar-refractivity contribution is 6.05. The number of rotatable bonds is 7. The van der Waals surface area contributed by atoms with Crippen LogP contribution in [-0.2, 0) is 30.5 Å². The third kappa shape index (κ3) is 6.37. The number of hydrogen-bond acceptors (Lipinski definition) is 6. The summed E-state index contributed by atoms with van der Waals surface area (Å²) in [7, 11) is 0. The van der Waals surface area contributed by atoms with E-state index < -0.39 is 35.5 Å². The van der Waals surface area contributed by atoms with Gasteiger partial charge in [0, 0.05) is 19.4 Å². The second kappa shape index (κ2) is 9.34. The van der Waals surface area contributed by atoms with E-state index in [1.165, 1.54) is 0 Å². The van der Waals surface area contributed by atoms with Crippen LogP contribution >= 0.6 is 0 Å². The Morgan fingerprint density at radius 2 is 1.71 bits per heavy atom. The van der Waals surface area contributed by atoms with Crippen molar-refractivity contribution < 1.29 is 28.7 Å². The van der Waals surface area contributed by atoms with E-state index in [0.717, 1.165) is 10.5 Å². The van der Waals surface area contributed by atoms with Gasteiger partial charge in [0.2, 0.25) is 11.8 Å². The maximum absolute atomic E-state index is 12.5. The summed E-state index contributed by atoms with van der Waals surface area (Å²) in [4.78, 5) is 49.4. The van der Waals surface area contributed by atoms with Crippen LogP contribution in [0.2, 0.25) is 0 Å². The Bertz CT molecular complexity index is 710. The summed E-state index contributed by atoms with van der Waals surface area (Å²) in [6, 6.07) is 8.13. The number of nitrogens with one attached hydrogen (secondary N) is 1. The monoisotopic (exact) mass is 390 g/mol. The molecule has 1 aromatic rings. The van der Waals surface area contributed by atoms with Crippen LogP contribution in [0, 0.1) is 0 Å². The predicted octanol–water partition coefficient (Wildman–Crippen LogP) is 2.16. The summed E-state index contributed by atoms with van der Waals surface area (Å²) in [5.74, 6) is -1.49. The topological polar surface area (TPSA) is 102 Å². The number of nitrogens with zero attached hydrogens (tertiary/aromatic N) is 1. The first-order chi connectivity index (χ1) is 13.2. The Morgan fingerprint density at radius 3 is 2.29 bits per heavy atom. The molecule has 2 rings (SSSR count). The number of amides is 3. The number of alkyl carbamates (subject to hydrolysis) is 1. The van der Waals surface area contributed by atoms with Crippen molar-refractivity contribution in [3.63, 3.8) is 0 Å². The molecule has 1 aliphatic heterocycles. The first kappa shape index (κ1) is 21.4. The van der Waals surface area contributed by atoms with Crippen molar-refractivity contribution >= 4 is 23.9 Å². The van der Waals surface area contributed by atoms with Crippen molar-refractivity contribution in [3.05, 3.63) is 35.9 Å². The molecule has 1 heterocycles. The molecule has 0 saturated carbocycles. The fourth-order valence-electron chi connectivity index (χ4n) is 2.75. The van der Waals surface area contributed by atoms with Crippen molar-refractivity contribution in [1.82, 2.24) is 10.2 Å². The van der Waals surface area contributed by atoms with Gasteiger partial charge in [-0.05, 0) is 32.8 Å². The van der Waals surface area contributed by atoms with Crippen LogP contribution in [0.15, 0.2) is 30.3 Å². The standard InChI is InChI=1S/C20H26N2O6/c1-20(2,3)28-18(25)15(22-16(23)9-10-17(22)24)11-12-21-19(26)27-13-14-7-5-4-6-8-14/h4-8,15H,9-13H2,1-3H3,(H,21,26). The van der Waals surface area contributed by atoms with Gasteiger partial charge in [-0.1, -0.05) is 30.3 Å². The van der Waals surface area contributed by atoms with Gasteiger partial charge in [0.05, 0.1) is 0 Å². The van der Waals surface area contributed by atoms with Gasteiger partial charge >= 0.3 is 12.1 Å².